The smallest absolute Gasteiger partial charge is 0.243 e. The van der Waals surface area contributed by atoms with Crippen molar-refractivity contribution in [1.29, 1.82) is 0 Å². The Bertz CT molecular complexity index is 1070. The molecule has 0 saturated carbocycles. The average Bonchev–Trinajstić information content (AvgIpc) is 2.86. The van der Waals surface area contributed by atoms with Crippen LogP contribution in [0.2, 0.25) is 0 Å². The van der Waals surface area contributed by atoms with Crippen LogP contribution >= 0.6 is 11.8 Å². The molecule has 0 heterocycles. The molecule has 178 valence electrons. The molecule has 0 aliphatic carbocycles. The fourth-order valence-electron chi connectivity index (χ4n) is 3.68. The summed E-state index contributed by atoms with van der Waals surface area (Å²) >= 11 is 1.48. The van der Waals surface area contributed by atoms with Crippen LogP contribution < -0.4 is 10.1 Å². The summed E-state index contributed by atoms with van der Waals surface area (Å²) in [5.41, 5.74) is 3.10. The number of likely N-dealkylation sites (N-methyl/N-ethyl adjacent to an activating group) is 1. The Morgan fingerprint density at radius 3 is 2.35 bits per heavy atom. The minimum absolute atomic E-state index is 0.0828. The molecule has 3 aromatic rings. The average molecular weight is 477 g/mol. The summed E-state index contributed by atoms with van der Waals surface area (Å²) in [6.45, 7) is 4.75. The van der Waals surface area contributed by atoms with Gasteiger partial charge in [-0.2, -0.15) is 0 Å². The highest BCUT2D eigenvalue weighted by molar-refractivity contribution is 8.00. The number of hydrogen-bond acceptors (Lipinski definition) is 4. The minimum Gasteiger partial charge on any atom is -0.497 e. The third-order valence-corrected chi connectivity index (χ3v) is 6.49. The van der Waals surface area contributed by atoms with Crippen molar-refractivity contribution in [2.24, 2.45) is 0 Å². The molecule has 3 rings (SSSR count). The number of carbonyl (C=O) groups is 2. The zero-order chi connectivity index (χ0) is 24.3. The van der Waals surface area contributed by atoms with Gasteiger partial charge in [-0.25, -0.2) is 0 Å². The first-order valence-electron chi connectivity index (χ1n) is 11.4. The normalized spacial score (nSPS) is 11.5. The molecule has 5 nitrogen and oxygen atoms in total. The summed E-state index contributed by atoms with van der Waals surface area (Å²) in [4.78, 5) is 29.5. The first-order chi connectivity index (χ1) is 16.5. The second-order valence-corrected chi connectivity index (χ2v) is 9.12. The molecule has 0 radical (unpaired) electrons. The van der Waals surface area contributed by atoms with Crippen molar-refractivity contribution >= 4 is 23.6 Å². The number of aryl methyl sites for hydroxylation is 1. The summed E-state index contributed by atoms with van der Waals surface area (Å²) < 4.78 is 5.37. The van der Waals surface area contributed by atoms with E-state index in [1.54, 1.807) is 12.0 Å². The quantitative estimate of drug-likeness (QED) is 0.401. The number of nitrogens with zero attached hydrogens (tertiary/aromatic N) is 1. The number of amides is 2. The molecule has 0 unspecified atom stereocenters. The number of benzene rings is 3. The van der Waals surface area contributed by atoms with E-state index in [9.17, 15) is 9.59 Å². The van der Waals surface area contributed by atoms with Crippen LogP contribution in [0.1, 0.15) is 23.6 Å². The van der Waals surface area contributed by atoms with E-state index in [0.717, 1.165) is 21.8 Å². The second kappa shape index (κ2) is 12.8. The maximum Gasteiger partial charge on any atom is 0.243 e. The van der Waals surface area contributed by atoms with E-state index < -0.39 is 6.04 Å². The van der Waals surface area contributed by atoms with Crippen LogP contribution in [0.15, 0.2) is 83.8 Å². The third-order valence-electron chi connectivity index (χ3n) is 5.49. The second-order valence-electron chi connectivity index (χ2n) is 8.07. The number of nitrogens with one attached hydrogen (secondary N) is 1. The van der Waals surface area contributed by atoms with Gasteiger partial charge in [0.1, 0.15) is 11.8 Å². The standard InChI is InChI=1S/C28H32N2O3S/c1-4-29-28(32)26(18-22-9-6-5-7-10-22)30(19-23-11-8-12-24(17-23)33-3)27(31)20-34-25-15-13-21(2)14-16-25/h5-17,26H,4,18-20H2,1-3H3,(H,29,32)/t26-/m0/s1. The number of carbonyl (C=O) groups excluding carboxylic acids is 2. The van der Waals surface area contributed by atoms with Gasteiger partial charge >= 0.3 is 0 Å². The molecule has 6 heteroatoms. The van der Waals surface area contributed by atoms with Gasteiger partial charge in [0.15, 0.2) is 0 Å². The van der Waals surface area contributed by atoms with Gasteiger partial charge in [-0.3, -0.25) is 9.59 Å². The maximum atomic E-state index is 13.6. The van der Waals surface area contributed by atoms with Crippen LogP contribution in [0, 0.1) is 6.92 Å². The fraction of sp³-hybridized carbons (Fsp3) is 0.286. The Labute approximate surface area is 206 Å². The largest absolute Gasteiger partial charge is 0.497 e. The lowest BCUT2D eigenvalue weighted by Gasteiger charge is -2.31. The molecule has 34 heavy (non-hydrogen) atoms. The summed E-state index contributed by atoms with van der Waals surface area (Å²) in [5, 5.41) is 2.93. The van der Waals surface area contributed by atoms with Gasteiger partial charge in [-0.05, 0) is 49.2 Å². The summed E-state index contributed by atoms with van der Waals surface area (Å²) in [5.74, 6) is 0.734. The molecule has 0 aromatic heterocycles. The highest BCUT2D eigenvalue weighted by atomic mass is 32.2. The predicted octanol–water partition coefficient (Wildman–Crippen LogP) is 4.87. The number of thioether (sulfide) groups is 1. The van der Waals surface area contributed by atoms with Crippen LogP contribution in [-0.2, 0) is 22.6 Å². The van der Waals surface area contributed by atoms with Gasteiger partial charge < -0.3 is 15.0 Å². The Balaban J connectivity index is 1.89. The van der Waals surface area contributed by atoms with E-state index in [1.807, 2.05) is 92.7 Å². The Hall–Kier alpha value is -3.25. The van der Waals surface area contributed by atoms with Crippen molar-refractivity contribution in [3.05, 3.63) is 95.6 Å². The Morgan fingerprint density at radius 1 is 0.971 bits per heavy atom. The van der Waals surface area contributed by atoms with Crippen molar-refractivity contribution < 1.29 is 14.3 Å². The lowest BCUT2D eigenvalue weighted by Crippen LogP contribution is -2.51. The molecule has 1 atom stereocenters. The SMILES string of the molecule is CCNC(=O)[C@H](Cc1ccccc1)N(Cc1cccc(OC)c1)C(=O)CSc1ccc(C)cc1. The molecule has 0 spiro atoms. The molecular weight excluding hydrogens is 444 g/mol. The summed E-state index contributed by atoms with van der Waals surface area (Å²) in [6, 6.07) is 24.9. The summed E-state index contributed by atoms with van der Waals surface area (Å²) in [7, 11) is 1.62. The lowest BCUT2D eigenvalue weighted by atomic mass is 10.0. The van der Waals surface area contributed by atoms with Crippen molar-refractivity contribution in [2.75, 3.05) is 19.4 Å². The van der Waals surface area contributed by atoms with E-state index in [2.05, 4.69) is 5.32 Å². The van der Waals surface area contributed by atoms with Crippen LogP contribution in [0.25, 0.3) is 0 Å². The molecule has 2 amide bonds. The highest BCUT2D eigenvalue weighted by Gasteiger charge is 2.30. The van der Waals surface area contributed by atoms with E-state index >= 15 is 0 Å². The van der Waals surface area contributed by atoms with Crippen LogP contribution in [0.3, 0.4) is 0 Å². The molecule has 1 N–H and O–H groups in total. The first kappa shape index (κ1) is 25.4. The molecule has 0 bridgehead atoms. The topological polar surface area (TPSA) is 58.6 Å². The number of ether oxygens (including phenoxy) is 1. The minimum atomic E-state index is -0.625. The molecule has 0 fully saturated rings. The maximum absolute atomic E-state index is 13.6. The zero-order valence-electron chi connectivity index (χ0n) is 20.0. The highest BCUT2D eigenvalue weighted by Crippen LogP contribution is 2.22. The third kappa shape index (κ3) is 7.39. The number of hydrogen-bond donors (Lipinski definition) is 1. The van der Waals surface area contributed by atoms with Gasteiger partial charge in [0.05, 0.1) is 12.9 Å². The zero-order valence-corrected chi connectivity index (χ0v) is 20.8. The van der Waals surface area contributed by atoms with E-state index in [4.69, 9.17) is 4.74 Å². The monoisotopic (exact) mass is 476 g/mol. The van der Waals surface area contributed by atoms with Gasteiger partial charge in [0, 0.05) is 24.4 Å². The van der Waals surface area contributed by atoms with Gasteiger partial charge in [-0.15, -0.1) is 11.8 Å². The van der Waals surface area contributed by atoms with Crippen LogP contribution in [0.5, 0.6) is 5.75 Å². The fourth-order valence-corrected chi connectivity index (χ4v) is 4.46. The van der Waals surface area contributed by atoms with Crippen molar-refractivity contribution in [1.82, 2.24) is 10.2 Å². The van der Waals surface area contributed by atoms with Crippen LogP contribution in [0.4, 0.5) is 0 Å². The Morgan fingerprint density at radius 2 is 1.68 bits per heavy atom. The lowest BCUT2D eigenvalue weighted by molar-refractivity contribution is -0.139. The molecule has 0 aliphatic heterocycles. The molecule has 0 aliphatic rings. The predicted molar refractivity (Wildman–Crippen MR) is 138 cm³/mol. The van der Waals surface area contributed by atoms with Crippen molar-refractivity contribution in [2.45, 2.75) is 37.8 Å². The summed E-state index contributed by atoms with van der Waals surface area (Å²) in [6.07, 6.45) is 0.442. The van der Waals surface area contributed by atoms with Gasteiger partial charge in [0.2, 0.25) is 11.8 Å². The first-order valence-corrected chi connectivity index (χ1v) is 12.4. The van der Waals surface area contributed by atoms with Crippen LogP contribution in [-0.4, -0.2) is 42.2 Å². The number of methoxy groups -OCH3 is 1. The molecular formula is C28H32N2O3S. The van der Waals surface area contributed by atoms with Gasteiger partial charge in [-0.1, -0.05) is 60.2 Å². The van der Waals surface area contributed by atoms with E-state index in [-0.39, 0.29) is 17.6 Å². The molecule has 3 aromatic carbocycles. The molecule has 0 saturated heterocycles. The van der Waals surface area contributed by atoms with Gasteiger partial charge in [0.25, 0.3) is 0 Å². The number of rotatable bonds is 11. The Kier molecular flexibility index (Phi) is 9.59. The van der Waals surface area contributed by atoms with E-state index in [1.165, 1.54) is 17.3 Å². The van der Waals surface area contributed by atoms with Crippen molar-refractivity contribution in [3.63, 3.8) is 0 Å². The van der Waals surface area contributed by atoms with Crippen molar-refractivity contribution in [3.8, 4) is 5.75 Å². The van der Waals surface area contributed by atoms with E-state index in [0.29, 0.717) is 19.5 Å².